The first-order valence-electron chi connectivity index (χ1n) is 4.72. The largest absolute Gasteiger partial charge is 0.496 e. The molecule has 1 aromatic heterocycles. The topological polar surface area (TPSA) is 34.2 Å². The zero-order chi connectivity index (χ0) is 11.5. The van der Waals surface area contributed by atoms with Crippen molar-refractivity contribution in [2.24, 2.45) is 0 Å². The van der Waals surface area contributed by atoms with Gasteiger partial charge in [0, 0.05) is 13.2 Å². The van der Waals surface area contributed by atoms with Gasteiger partial charge in [0.1, 0.15) is 5.75 Å². The highest BCUT2D eigenvalue weighted by Gasteiger charge is 2.12. The van der Waals surface area contributed by atoms with E-state index < -0.39 is 0 Å². The van der Waals surface area contributed by atoms with Crippen molar-refractivity contribution in [3.8, 4) is 16.2 Å². The van der Waals surface area contributed by atoms with E-state index in [1.807, 2.05) is 25.2 Å². The number of thiazole rings is 1. The van der Waals surface area contributed by atoms with E-state index >= 15 is 0 Å². The summed E-state index contributed by atoms with van der Waals surface area (Å²) in [5, 5.41) is 4.53. The fourth-order valence-electron chi connectivity index (χ4n) is 1.42. The fourth-order valence-corrected chi connectivity index (χ4v) is 2.58. The van der Waals surface area contributed by atoms with Crippen LogP contribution in [0.15, 0.2) is 24.4 Å². The Kier molecular flexibility index (Phi) is 3.31. The van der Waals surface area contributed by atoms with Crippen LogP contribution in [-0.2, 0) is 0 Å². The Labute approximate surface area is 103 Å². The molecule has 0 fully saturated rings. The first kappa shape index (κ1) is 11.2. The number of anilines is 1. The van der Waals surface area contributed by atoms with Crippen LogP contribution >= 0.6 is 22.9 Å². The summed E-state index contributed by atoms with van der Waals surface area (Å²) >= 11 is 7.72. The summed E-state index contributed by atoms with van der Waals surface area (Å²) < 4.78 is 5.30. The molecule has 0 aliphatic carbocycles. The summed E-state index contributed by atoms with van der Waals surface area (Å²) in [6.45, 7) is 0. The van der Waals surface area contributed by atoms with Gasteiger partial charge in [-0.15, -0.1) is 0 Å². The van der Waals surface area contributed by atoms with Crippen molar-refractivity contribution in [3.63, 3.8) is 0 Å². The quantitative estimate of drug-likeness (QED) is 0.910. The number of hydrogen-bond donors (Lipinski definition) is 1. The van der Waals surface area contributed by atoms with Gasteiger partial charge in [0.05, 0.1) is 22.6 Å². The van der Waals surface area contributed by atoms with Crippen LogP contribution in [0.2, 0.25) is 5.02 Å². The summed E-state index contributed by atoms with van der Waals surface area (Å²) in [7, 11) is 3.47. The number of halogens is 1. The highest BCUT2D eigenvalue weighted by molar-refractivity contribution is 7.19. The molecule has 0 unspecified atom stereocenters. The minimum Gasteiger partial charge on any atom is -0.496 e. The van der Waals surface area contributed by atoms with Crippen LogP contribution in [0.25, 0.3) is 10.4 Å². The SMILES string of the molecule is CNc1ncc(-c2c(Cl)cccc2OC)s1. The van der Waals surface area contributed by atoms with Gasteiger partial charge in [-0.1, -0.05) is 29.0 Å². The Morgan fingerprint density at radius 1 is 1.44 bits per heavy atom. The smallest absolute Gasteiger partial charge is 0.182 e. The lowest BCUT2D eigenvalue weighted by Gasteiger charge is -2.07. The predicted octanol–water partition coefficient (Wildman–Crippen LogP) is 3.51. The molecule has 0 saturated heterocycles. The molecule has 0 saturated carbocycles. The standard InChI is InChI=1S/C11H11ClN2OS/c1-13-11-14-6-9(16-11)10-7(12)4-3-5-8(10)15-2/h3-6H,1-2H3,(H,13,14). The number of benzene rings is 1. The predicted molar refractivity (Wildman–Crippen MR) is 68.7 cm³/mol. The molecule has 3 nitrogen and oxygen atoms in total. The van der Waals surface area contributed by atoms with E-state index in [-0.39, 0.29) is 0 Å². The lowest BCUT2D eigenvalue weighted by molar-refractivity contribution is 0.416. The molecule has 1 heterocycles. The van der Waals surface area contributed by atoms with Gasteiger partial charge in [-0.2, -0.15) is 0 Å². The number of hydrogen-bond acceptors (Lipinski definition) is 4. The number of rotatable bonds is 3. The fraction of sp³-hybridized carbons (Fsp3) is 0.182. The van der Waals surface area contributed by atoms with Crippen LogP contribution in [0.1, 0.15) is 0 Å². The number of nitrogens with one attached hydrogen (secondary N) is 1. The van der Waals surface area contributed by atoms with E-state index in [2.05, 4.69) is 10.3 Å². The number of nitrogens with zero attached hydrogens (tertiary/aromatic N) is 1. The number of methoxy groups -OCH3 is 1. The molecule has 2 aromatic rings. The maximum Gasteiger partial charge on any atom is 0.182 e. The maximum absolute atomic E-state index is 6.17. The number of ether oxygens (including phenoxy) is 1. The van der Waals surface area contributed by atoms with Crippen molar-refractivity contribution in [2.45, 2.75) is 0 Å². The van der Waals surface area contributed by atoms with E-state index in [4.69, 9.17) is 16.3 Å². The Hall–Kier alpha value is -1.26. The molecule has 84 valence electrons. The van der Waals surface area contributed by atoms with Crippen molar-refractivity contribution >= 4 is 28.1 Å². The Bertz CT molecular complexity index is 498. The van der Waals surface area contributed by atoms with Gasteiger partial charge < -0.3 is 10.1 Å². The van der Waals surface area contributed by atoms with Crippen LogP contribution in [0.5, 0.6) is 5.75 Å². The number of aromatic nitrogens is 1. The zero-order valence-corrected chi connectivity index (χ0v) is 10.5. The molecule has 0 atom stereocenters. The monoisotopic (exact) mass is 254 g/mol. The van der Waals surface area contributed by atoms with E-state index in [9.17, 15) is 0 Å². The van der Waals surface area contributed by atoms with E-state index in [0.717, 1.165) is 21.3 Å². The summed E-state index contributed by atoms with van der Waals surface area (Å²) in [6.07, 6.45) is 1.79. The average Bonchev–Trinajstić information content (AvgIpc) is 2.76. The third kappa shape index (κ3) is 1.99. The van der Waals surface area contributed by atoms with E-state index in [1.54, 1.807) is 24.6 Å². The molecule has 5 heteroatoms. The Balaban J connectivity index is 2.53. The summed E-state index contributed by atoms with van der Waals surface area (Å²) in [4.78, 5) is 5.21. The first-order valence-corrected chi connectivity index (χ1v) is 5.92. The summed E-state index contributed by atoms with van der Waals surface area (Å²) in [6, 6.07) is 5.60. The first-order chi connectivity index (χ1) is 7.76. The molecule has 1 aromatic carbocycles. The van der Waals surface area contributed by atoms with Gasteiger partial charge in [0.2, 0.25) is 0 Å². The van der Waals surface area contributed by atoms with E-state index in [1.165, 1.54) is 0 Å². The highest BCUT2D eigenvalue weighted by atomic mass is 35.5. The van der Waals surface area contributed by atoms with Crippen molar-refractivity contribution in [2.75, 3.05) is 19.5 Å². The third-order valence-electron chi connectivity index (χ3n) is 2.16. The molecular weight excluding hydrogens is 244 g/mol. The lowest BCUT2D eigenvalue weighted by atomic mass is 10.2. The molecule has 1 N–H and O–H groups in total. The third-order valence-corrected chi connectivity index (χ3v) is 3.51. The maximum atomic E-state index is 6.17. The normalized spacial score (nSPS) is 10.2. The van der Waals surface area contributed by atoms with Crippen molar-refractivity contribution in [1.82, 2.24) is 4.98 Å². The summed E-state index contributed by atoms with van der Waals surface area (Å²) in [5.41, 5.74) is 0.894. The van der Waals surface area contributed by atoms with Gasteiger partial charge in [-0.3, -0.25) is 0 Å². The van der Waals surface area contributed by atoms with Crippen molar-refractivity contribution in [1.29, 1.82) is 0 Å². The second-order valence-corrected chi connectivity index (χ2v) is 4.53. The second-order valence-electron chi connectivity index (χ2n) is 3.10. The minimum absolute atomic E-state index is 0.672. The molecule has 16 heavy (non-hydrogen) atoms. The van der Waals surface area contributed by atoms with Crippen LogP contribution in [0.4, 0.5) is 5.13 Å². The van der Waals surface area contributed by atoms with Crippen molar-refractivity contribution in [3.05, 3.63) is 29.4 Å². The van der Waals surface area contributed by atoms with Gasteiger partial charge in [0.25, 0.3) is 0 Å². The van der Waals surface area contributed by atoms with Crippen LogP contribution < -0.4 is 10.1 Å². The molecule has 2 rings (SSSR count). The Morgan fingerprint density at radius 3 is 2.88 bits per heavy atom. The Morgan fingerprint density at radius 2 is 2.25 bits per heavy atom. The van der Waals surface area contributed by atoms with Gasteiger partial charge in [0.15, 0.2) is 5.13 Å². The average molecular weight is 255 g/mol. The molecule has 0 radical (unpaired) electrons. The van der Waals surface area contributed by atoms with Gasteiger partial charge >= 0.3 is 0 Å². The summed E-state index contributed by atoms with van der Waals surface area (Å²) in [5.74, 6) is 0.763. The molecule has 0 bridgehead atoms. The second kappa shape index (κ2) is 4.72. The van der Waals surface area contributed by atoms with Crippen molar-refractivity contribution < 1.29 is 4.74 Å². The zero-order valence-electron chi connectivity index (χ0n) is 8.95. The molecule has 0 amide bonds. The molecule has 0 aliphatic rings. The molecule has 0 aliphatic heterocycles. The van der Waals surface area contributed by atoms with Crippen LogP contribution in [0, 0.1) is 0 Å². The molecule has 0 spiro atoms. The minimum atomic E-state index is 0.672. The van der Waals surface area contributed by atoms with E-state index in [0.29, 0.717) is 5.02 Å². The lowest BCUT2D eigenvalue weighted by Crippen LogP contribution is -1.86. The van der Waals surface area contributed by atoms with Gasteiger partial charge in [-0.25, -0.2) is 4.98 Å². The molecular formula is C11H11ClN2OS. The van der Waals surface area contributed by atoms with Crippen LogP contribution in [0.3, 0.4) is 0 Å². The van der Waals surface area contributed by atoms with Crippen LogP contribution in [-0.4, -0.2) is 19.1 Å². The highest BCUT2D eigenvalue weighted by Crippen LogP contribution is 2.40. The van der Waals surface area contributed by atoms with Gasteiger partial charge in [-0.05, 0) is 12.1 Å².